The third-order valence-electron chi connectivity index (χ3n) is 3.26. The largest absolute Gasteiger partial charge is 0.316 e. The smallest absolute Gasteiger partial charge is 0.291 e. The zero-order chi connectivity index (χ0) is 12.4. The van der Waals surface area contributed by atoms with Gasteiger partial charge < -0.3 is 5.32 Å². The minimum absolute atomic E-state index is 0.144. The van der Waals surface area contributed by atoms with E-state index in [1.54, 1.807) is 12.3 Å². The number of nitrogens with zero attached hydrogens (tertiary/aromatic N) is 2. The van der Waals surface area contributed by atoms with Gasteiger partial charge in [0.2, 0.25) is 0 Å². The maximum absolute atomic E-state index is 11.0. The van der Waals surface area contributed by atoms with Crippen molar-refractivity contribution in [2.75, 3.05) is 7.05 Å². The molecule has 1 atom stereocenters. The molecule has 5 nitrogen and oxygen atoms in total. The van der Waals surface area contributed by atoms with Crippen molar-refractivity contribution in [3.05, 3.63) is 33.6 Å². The van der Waals surface area contributed by atoms with Crippen LogP contribution in [0, 0.1) is 23.0 Å². The van der Waals surface area contributed by atoms with E-state index in [9.17, 15) is 10.1 Å². The summed E-state index contributed by atoms with van der Waals surface area (Å²) in [5.41, 5.74) is 1.56. The topological polar surface area (TPSA) is 68.1 Å². The summed E-state index contributed by atoms with van der Waals surface area (Å²) in [7, 11) is 1.91. The van der Waals surface area contributed by atoms with Crippen LogP contribution in [0.4, 0.5) is 5.69 Å². The summed E-state index contributed by atoms with van der Waals surface area (Å²) in [4.78, 5) is 14.9. The normalized spacial score (nSPS) is 16.8. The molecule has 1 aromatic rings. The molecule has 1 aliphatic carbocycles. The lowest BCUT2D eigenvalue weighted by atomic mass is 10.0. The average molecular weight is 235 g/mol. The highest BCUT2D eigenvalue weighted by Crippen LogP contribution is 2.34. The molecule has 0 saturated heterocycles. The molecular weight excluding hydrogens is 218 g/mol. The van der Waals surface area contributed by atoms with E-state index in [0.29, 0.717) is 24.1 Å². The van der Waals surface area contributed by atoms with Crippen molar-refractivity contribution in [1.82, 2.24) is 10.3 Å². The van der Waals surface area contributed by atoms with E-state index in [2.05, 4.69) is 10.3 Å². The van der Waals surface area contributed by atoms with Crippen LogP contribution in [0.25, 0.3) is 0 Å². The Labute approximate surface area is 100 Å². The van der Waals surface area contributed by atoms with Gasteiger partial charge in [0.25, 0.3) is 5.69 Å². The summed E-state index contributed by atoms with van der Waals surface area (Å²) >= 11 is 0. The van der Waals surface area contributed by atoms with Crippen LogP contribution in [0.1, 0.15) is 24.1 Å². The van der Waals surface area contributed by atoms with Crippen molar-refractivity contribution in [3.8, 4) is 0 Å². The molecule has 1 heterocycles. The Hall–Kier alpha value is -1.49. The lowest BCUT2D eigenvalue weighted by Gasteiger charge is -2.14. The molecule has 1 saturated carbocycles. The molecule has 17 heavy (non-hydrogen) atoms. The lowest BCUT2D eigenvalue weighted by molar-refractivity contribution is -0.386. The predicted octanol–water partition coefficient (Wildman–Crippen LogP) is 1.84. The van der Waals surface area contributed by atoms with Gasteiger partial charge in [-0.15, -0.1) is 0 Å². The van der Waals surface area contributed by atoms with Crippen LogP contribution in [-0.2, 0) is 6.42 Å². The second kappa shape index (κ2) is 4.79. The summed E-state index contributed by atoms with van der Waals surface area (Å²) in [6, 6.07) is 1.91. The summed E-state index contributed by atoms with van der Waals surface area (Å²) in [6.45, 7) is 1.82. The molecule has 5 heteroatoms. The highest BCUT2D eigenvalue weighted by Gasteiger charge is 2.32. The number of rotatable bonds is 5. The van der Waals surface area contributed by atoms with E-state index < -0.39 is 0 Å². The zero-order valence-electron chi connectivity index (χ0n) is 10.1. The Balaban J connectivity index is 2.21. The van der Waals surface area contributed by atoms with Gasteiger partial charge >= 0.3 is 0 Å². The molecule has 0 spiro atoms. The molecule has 92 valence electrons. The van der Waals surface area contributed by atoms with Crippen LogP contribution < -0.4 is 5.32 Å². The van der Waals surface area contributed by atoms with Crippen molar-refractivity contribution in [3.63, 3.8) is 0 Å². The molecule has 1 fully saturated rings. The van der Waals surface area contributed by atoms with E-state index in [0.717, 1.165) is 5.56 Å². The van der Waals surface area contributed by atoms with Crippen LogP contribution in [0.2, 0.25) is 0 Å². The maximum Gasteiger partial charge on any atom is 0.291 e. The summed E-state index contributed by atoms with van der Waals surface area (Å²) in [5.74, 6) is 0.655. The van der Waals surface area contributed by atoms with Crippen molar-refractivity contribution in [2.24, 2.45) is 5.92 Å². The maximum atomic E-state index is 11.0. The van der Waals surface area contributed by atoms with Gasteiger partial charge in [0, 0.05) is 24.7 Å². The minimum Gasteiger partial charge on any atom is -0.316 e. The molecule has 0 bridgehead atoms. The molecule has 1 N–H and O–H groups in total. The summed E-state index contributed by atoms with van der Waals surface area (Å²) in [5, 5.41) is 14.2. The van der Waals surface area contributed by atoms with Gasteiger partial charge in [-0.25, -0.2) is 0 Å². The third kappa shape index (κ3) is 2.79. The van der Waals surface area contributed by atoms with Crippen LogP contribution in [-0.4, -0.2) is 23.0 Å². The second-order valence-corrected chi connectivity index (χ2v) is 4.67. The van der Waals surface area contributed by atoms with E-state index in [1.807, 2.05) is 14.0 Å². The Morgan fingerprint density at radius 3 is 2.88 bits per heavy atom. The number of hydrogen-bond acceptors (Lipinski definition) is 4. The first-order valence-electron chi connectivity index (χ1n) is 5.89. The van der Waals surface area contributed by atoms with Crippen LogP contribution in [0.5, 0.6) is 0 Å². The van der Waals surface area contributed by atoms with Gasteiger partial charge in [-0.1, -0.05) is 0 Å². The molecule has 0 aliphatic heterocycles. The molecule has 0 aromatic carbocycles. The molecule has 2 rings (SSSR count). The van der Waals surface area contributed by atoms with Gasteiger partial charge in [0.05, 0.1) is 4.92 Å². The van der Waals surface area contributed by atoms with Crippen molar-refractivity contribution in [2.45, 2.75) is 32.2 Å². The summed E-state index contributed by atoms with van der Waals surface area (Å²) < 4.78 is 0. The number of aryl methyl sites for hydroxylation is 1. The fourth-order valence-electron chi connectivity index (χ4n) is 2.11. The van der Waals surface area contributed by atoms with Gasteiger partial charge in [0.1, 0.15) is 5.69 Å². The molecule has 1 aliphatic rings. The molecule has 1 unspecified atom stereocenters. The quantitative estimate of drug-likeness (QED) is 0.624. The zero-order valence-corrected chi connectivity index (χ0v) is 10.1. The minimum atomic E-state index is -0.338. The highest BCUT2D eigenvalue weighted by atomic mass is 16.6. The van der Waals surface area contributed by atoms with Crippen LogP contribution in [0.3, 0.4) is 0 Å². The van der Waals surface area contributed by atoms with Crippen molar-refractivity contribution in [1.29, 1.82) is 0 Å². The molecule has 1 aromatic heterocycles. The number of likely N-dealkylation sites (N-methyl/N-ethyl adjacent to an activating group) is 1. The van der Waals surface area contributed by atoms with E-state index in [-0.39, 0.29) is 10.6 Å². The van der Waals surface area contributed by atoms with Crippen molar-refractivity contribution < 1.29 is 4.92 Å². The number of aromatic nitrogens is 1. The first-order chi connectivity index (χ1) is 8.11. The van der Waals surface area contributed by atoms with E-state index >= 15 is 0 Å². The number of pyridine rings is 1. The number of hydrogen-bond donors (Lipinski definition) is 1. The Bertz CT molecular complexity index is 430. The first kappa shape index (κ1) is 12.0. The monoisotopic (exact) mass is 235 g/mol. The SMILES string of the molecule is CNC(Cc1ncc(C)cc1[N+](=O)[O-])C1CC1. The number of nitrogens with one attached hydrogen (secondary N) is 1. The Morgan fingerprint density at radius 1 is 1.65 bits per heavy atom. The molecular formula is C12H17N3O2. The molecule has 0 amide bonds. The van der Waals surface area contributed by atoms with E-state index in [1.165, 1.54) is 12.8 Å². The predicted molar refractivity (Wildman–Crippen MR) is 64.9 cm³/mol. The van der Waals surface area contributed by atoms with Crippen LogP contribution in [0.15, 0.2) is 12.3 Å². The van der Waals surface area contributed by atoms with Gasteiger partial charge in [-0.2, -0.15) is 0 Å². The van der Waals surface area contributed by atoms with Crippen LogP contribution >= 0.6 is 0 Å². The Kier molecular flexibility index (Phi) is 3.38. The van der Waals surface area contributed by atoms with Crippen molar-refractivity contribution >= 4 is 5.69 Å². The summed E-state index contributed by atoms with van der Waals surface area (Å²) in [6.07, 6.45) is 4.76. The van der Waals surface area contributed by atoms with E-state index in [4.69, 9.17) is 0 Å². The first-order valence-corrected chi connectivity index (χ1v) is 5.89. The number of nitro groups is 1. The highest BCUT2D eigenvalue weighted by molar-refractivity contribution is 5.38. The Morgan fingerprint density at radius 2 is 2.35 bits per heavy atom. The average Bonchev–Trinajstić information content (AvgIpc) is 3.11. The fraction of sp³-hybridized carbons (Fsp3) is 0.583. The third-order valence-corrected chi connectivity index (χ3v) is 3.26. The van der Waals surface area contributed by atoms with Gasteiger partial charge in [0.15, 0.2) is 0 Å². The lowest BCUT2D eigenvalue weighted by Crippen LogP contribution is -2.30. The van der Waals surface area contributed by atoms with Gasteiger partial charge in [-0.05, 0) is 38.3 Å². The second-order valence-electron chi connectivity index (χ2n) is 4.67. The standard InChI is InChI=1S/C12H17N3O2/c1-8-5-12(15(16)17)11(14-7-8)6-10(13-2)9-3-4-9/h5,7,9-10,13H,3-4,6H2,1-2H3. The fourth-order valence-corrected chi connectivity index (χ4v) is 2.11. The molecule has 0 radical (unpaired) electrons. The van der Waals surface area contributed by atoms with Gasteiger partial charge in [-0.3, -0.25) is 15.1 Å².